The molecule has 0 unspecified atom stereocenters. The largest absolute Gasteiger partial charge is 0.573 e. The normalized spacial score (nSPS) is 11.7. The van der Waals surface area contributed by atoms with E-state index in [0.29, 0.717) is 33.2 Å². The standard InChI is InChI=1S/C25H21F4N3O3S2/c1-13(2)36-23-20(15-8-10-18(11-9-15)35-25(27,28)29)30-24(37-23)32-21(22(33)34-4)19(14(3)31-32)16-6-5-7-17(26)12-16/h5-13H,1-4H3. The highest BCUT2D eigenvalue weighted by atomic mass is 32.2. The van der Waals surface area contributed by atoms with Gasteiger partial charge < -0.3 is 9.47 Å². The van der Waals surface area contributed by atoms with Crippen LogP contribution >= 0.6 is 23.1 Å². The van der Waals surface area contributed by atoms with Crippen molar-refractivity contribution >= 4 is 29.1 Å². The molecule has 12 heteroatoms. The minimum Gasteiger partial charge on any atom is -0.464 e. The first-order valence-corrected chi connectivity index (χ1v) is 12.6. The molecule has 0 atom stereocenters. The van der Waals surface area contributed by atoms with Crippen LogP contribution in [0, 0.1) is 12.7 Å². The van der Waals surface area contributed by atoms with Crippen LogP contribution in [0.4, 0.5) is 17.6 Å². The number of hydrogen-bond donors (Lipinski definition) is 0. The van der Waals surface area contributed by atoms with E-state index in [1.54, 1.807) is 13.0 Å². The third-order valence-electron chi connectivity index (χ3n) is 5.02. The van der Waals surface area contributed by atoms with Gasteiger partial charge in [0.1, 0.15) is 11.6 Å². The van der Waals surface area contributed by atoms with Gasteiger partial charge in [0, 0.05) is 16.4 Å². The number of aryl methyl sites for hydroxylation is 1. The van der Waals surface area contributed by atoms with Gasteiger partial charge in [0.15, 0.2) is 5.69 Å². The molecule has 2 aromatic carbocycles. The van der Waals surface area contributed by atoms with Crippen molar-refractivity contribution in [3.8, 4) is 33.3 Å². The lowest BCUT2D eigenvalue weighted by Gasteiger charge is -2.09. The van der Waals surface area contributed by atoms with E-state index in [1.807, 2.05) is 13.8 Å². The molecule has 0 aliphatic carbocycles. The van der Waals surface area contributed by atoms with Crippen LogP contribution in [0.5, 0.6) is 5.75 Å². The van der Waals surface area contributed by atoms with Gasteiger partial charge in [-0.25, -0.2) is 14.2 Å². The summed E-state index contributed by atoms with van der Waals surface area (Å²) in [6.07, 6.45) is -4.80. The number of aromatic nitrogens is 3. The summed E-state index contributed by atoms with van der Waals surface area (Å²) in [6, 6.07) is 11.2. The maximum atomic E-state index is 14.0. The average Bonchev–Trinajstić information content (AvgIpc) is 3.38. The molecule has 0 bridgehead atoms. The number of rotatable bonds is 7. The lowest BCUT2D eigenvalue weighted by atomic mass is 10.0. The third kappa shape index (κ3) is 5.96. The number of halogens is 4. The number of thioether (sulfide) groups is 1. The van der Waals surface area contributed by atoms with Crippen molar-refractivity contribution in [1.82, 2.24) is 14.8 Å². The van der Waals surface area contributed by atoms with Crippen molar-refractivity contribution in [2.45, 2.75) is 36.6 Å². The first-order chi connectivity index (χ1) is 17.5. The summed E-state index contributed by atoms with van der Waals surface area (Å²) >= 11 is 2.79. The lowest BCUT2D eigenvalue weighted by molar-refractivity contribution is -0.274. The molecule has 4 aromatic rings. The van der Waals surface area contributed by atoms with Gasteiger partial charge in [0.05, 0.1) is 22.7 Å². The number of methoxy groups -OCH3 is 1. The zero-order chi connectivity index (χ0) is 26.9. The minimum absolute atomic E-state index is 0.0842. The Labute approximate surface area is 218 Å². The Balaban J connectivity index is 1.85. The maximum absolute atomic E-state index is 14.0. The van der Waals surface area contributed by atoms with Gasteiger partial charge in [-0.05, 0) is 48.9 Å². The van der Waals surface area contributed by atoms with E-state index in [2.05, 4.69) is 9.84 Å². The Morgan fingerprint density at radius 2 is 1.81 bits per heavy atom. The van der Waals surface area contributed by atoms with Crippen LogP contribution < -0.4 is 4.74 Å². The Hall–Kier alpha value is -3.38. The van der Waals surface area contributed by atoms with Gasteiger partial charge in [-0.15, -0.1) is 24.9 Å². The molecular weight excluding hydrogens is 530 g/mol. The summed E-state index contributed by atoms with van der Waals surface area (Å²) in [7, 11) is 1.24. The van der Waals surface area contributed by atoms with Gasteiger partial charge in [-0.3, -0.25) is 0 Å². The van der Waals surface area contributed by atoms with E-state index in [-0.39, 0.29) is 16.7 Å². The molecule has 2 heterocycles. The van der Waals surface area contributed by atoms with Crippen molar-refractivity contribution in [2.24, 2.45) is 0 Å². The van der Waals surface area contributed by atoms with Gasteiger partial charge in [-0.2, -0.15) is 9.78 Å². The molecule has 0 saturated carbocycles. The Bertz CT molecular complexity index is 1430. The molecule has 0 saturated heterocycles. The predicted octanol–water partition coefficient (Wildman–Crippen LogP) is 7.30. The SMILES string of the molecule is COC(=O)c1c(-c2cccc(F)c2)c(C)nn1-c1nc(-c2ccc(OC(F)(F)F)cc2)c(SC(C)C)s1. The van der Waals surface area contributed by atoms with Crippen molar-refractivity contribution in [3.05, 3.63) is 65.7 Å². The van der Waals surface area contributed by atoms with Crippen molar-refractivity contribution < 1.29 is 31.8 Å². The Morgan fingerprint density at radius 1 is 1.11 bits per heavy atom. The lowest BCUT2D eigenvalue weighted by Crippen LogP contribution is -2.16. The summed E-state index contributed by atoms with van der Waals surface area (Å²) in [5.41, 5.74) is 2.51. The molecule has 6 nitrogen and oxygen atoms in total. The Kier molecular flexibility index (Phi) is 7.60. The second kappa shape index (κ2) is 10.5. The molecule has 37 heavy (non-hydrogen) atoms. The molecular formula is C25H21F4N3O3S2. The highest BCUT2D eigenvalue weighted by molar-refractivity contribution is 8.01. The zero-order valence-corrected chi connectivity index (χ0v) is 21.7. The minimum atomic E-state index is -4.80. The van der Waals surface area contributed by atoms with E-state index >= 15 is 0 Å². The molecule has 0 spiro atoms. The predicted molar refractivity (Wildman–Crippen MR) is 134 cm³/mol. The molecule has 0 amide bonds. The summed E-state index contributed by atoms with van der Waals surface area (Å²) in [4.78, 5) is 17.6. The quantitative estimate of drug-likeness (QED) is 0.136. The van der Waals surface area contributed by atoms with E-state index in [0.717, 1.165) is 4.21 Å². The van der Waals surface area contributed by atoms with Gasteiger partial charge in [-0.1, -0.05) is 37.3 Å². The number of carbonyl (C=O) groups is 1. The number of carbonyl (C=O) groups excluding carboxylic acids is 1. The van der Waals surface area contributed by atoms with Crippen LogP contribution in [0.25, 0.3) is 27.5 Å². The second-order valence-corrected chi connectivity index (χ2v) is 10.9. The zero-order valence-electron chi connectivity index (χ0n) is 20.1. The van der Waals surface area contributed by atoms with Crippen LogP contribution in [0.2, 0.25) is 0 Å². The smallest absolute Gasteiger partial charge is 0.464 e. The molecule has 0 aliphatic heterocycles. The highest BCUT2D eigenvalue weighted by Crippen LogP contribution is 2.41. The molecule has 4 rings (SSSR count). The fraction of sp³-hybridized carbons (Fsp3) is 0.240. The molecule has 194 valence electrons. The summed E-state index contributed by atoms with van der Waals surface area (Å²) in [5, 5.41) is 5.04. The second-order valence-electron chi connectivity index (χ2n) is 8.09. The van der Waals surface area contributed by atoms with Crippen LogP contribution in [-0.4, -0.2) is 39.5 Å². The van der Waals surface area contributed by atoms with E-state index < -0.39 is 18.1 Å². The highest BCUT2D eigenvalue weighted by Gasteiger charge is 2.31. The van der Waals surface area contributed by atoms with E-state index in [1.165, 1.54) is 77.4 Å². The topological polar surface area (TPSA) is 66.2 Å². The van der Waals surface area contributed by atoms with Crippen LogP contribution in [0.15, 0.2) is 52.7 Å². The molecule has 2 aromatic heterocycles. The fourth-order valence-electron chi connectivity index (χ4n) is 3.62. The fourth-order valence-corrected chi connectivity index (χ4v) is 6.10. The molecule has 0 aliphatic rings. The number of esters is 1. The van der Waals surface area contributed by atoms with E-state index in [9.17, 15) is 22.4 Å². The molecule has 0 N–H and O–H groups in total. The third-order valence-corrected chi connectivity index (χ3v) is 7.27. The number of thiazole rings is 1. The van der Waals surface area contributed by atoms with Crippen LogP contribution in [-0.2, 0) is 4.74 Å². The van der Waals surface area contributed by atoms with Gasteiger partial charge in [0.2, 0.25) is 5.13 Å². The van der Waals surface area contributed by atoms with Gasteiger partial charge >= 0.3 is 12.3 Å². The number of hydrogen-bond acceptors (Lipinski definition) is 7. The van der Waals surface area contributed by atoms with Crippen LogP contribution in [0.1, 0.15) is 30.0 Å². The van der Waals surface area contributed by atoms with Crippen molar-refractivity contribution in [2.75, 3.05) is 7.11 Å². The molecule has 0 fully saturated rings. The average molecular weight is 552 g/mol. The number of benzene rings is 2. The first-order valence-electron chi connectivity index (χ1n) is 10.9. The van der Waals surface area contributed by atoms with Crippen molar-refractivity contribution in [3.63, 3.8) is 0 Å². The maximum Gasteiger partial charge on any atom is 0.573 e. The van der Waals surface area contributed by atoms with E-state index in [4.69, 9.17) is 9.72 Å². The Morgan fingerprint density at radius 3 is 2.41 bits per heavy atom. The number of alkyl halides is 3. The summed E-state index contributed by atoms with van der Waals surface area (Å²) < 4.78 is 62.8. The summed E-state index contributed by atoms with van der Waals surface area (Å²) in [5.74, 6) is -1.49. The number of nitrogens with zero attached hydrogens (tertiary/aromatic N) is 3. The van der Waals surface area contributed by atoms with Crippen molar-refractivity contribution in [1.29, 1.82) is 0 Å². The summed E-state index contributed by atoms with van der Waals surface area (Å²) in [6.45, 7) is 5.68. The van der Waals surface area contributed by atoms with Crippen LogP contribution in [0.3, 0.4) is 0 Å². The molecule has 0 radical (unpaired) electrons. The van der Waals surface area contributed by atoms with Gasteiger partial charge in [0.25, 0.3) is 0 Å². The number of ether oxygens (including phenoxy) is 2. The monoisotopic (exact) mass is 551 g/mol. The first kappa shape index (κ1) is 26.7.